The Bertz CT molecular complexity index is 2800. The largest absolute Gasteiger partial charge is 0.383 e. The predicted octanol–water partition coefficient (Wildman–Crippen LogP) is 9.51. The fourth-order valence-electron chi connectivity index (χ4n) is 7.58. The highest BCUT2D eigenvalue weighted by molar-refractivity contribution is 7.21. The molecular weight excluding hydrogens is 686 g/mol. The zero-order valence-corrected chi connectivity index (χ0v) is 30.9. The topological polar surface area (TPSA) is 116 Å². The molecule has 5 aromatic heterocycles. The maximum Gasteiger partial charge on any atom is 0.164 e. The number of benzene rings is 4. The second kappa shape index (κ2) is 13.7. The Hall–Kier alpha value is -6.70. The maximum atomic E-state index is 7.03. The van der Waals surface area contributed by atoms with Gasteiger partial charge < -0.3 is 10.7 Å². The number of anilines is 1. The molecule has 5 heterocycles. The number of hydrogen-bond donors (Lipinski definition) is 2. The van der Waals surface area contributed by atoms with Crippen LogP contribution in [0.15, 0.2) is 133 Å². The van der Waals surface area contributed by atoms with Crippen LogP contribution in [0.25, 0.3) is 73.9 Å². The first-order chi connectivity index (χ1) is 26.5. The number of nitrogens with zero attached hydrogens (tertiary/aromatic N) is 7. The highest BCUT2D eigenvalue weighted by Crippen LogP contribution is 2.46. The van der Waals surface area contributed by atoms with Crippen LogP contribution in [-0.2, 0) is 6.42 Å². The van der Waals surface area contributed by atoms with Gasteiger partial charge in [0.25, 0.3) is 0 Å². The lowest BCUT2D eigenvalue weighted by molar-refractivity contribution is 1.04. The Labute approximate surface area is 314 Å². The molecule has 9 rings (SSSR count). The number of nitrogens with two attached hydrogens (primary N) is 1. The van der Waals surface area contributed by atoms with E-state index in [0.29, 0.717) is 29.4 Å². The third-order valence-electron chi connectivity index (χ3n) is 9.91. The number of rotatable bonds is 8. The van der Waals surface area contributed by atoms with Gasteiger partial charge in [0, 0.05) is 40.5 Å². The van der Waals surface area contributed by atoms with Crippen LogP contribution in [0.5, 0.6) is 0 Å². The van der Waals surface area contributed by atoms with E-state index < -0.39 is 0 Å². The number of nitrogen functional groups attached to an aromatic ring is 1. The van der Waals surface area contributed by atoms with Crippen LogP contribution in [0.3, 0.4) is 0 Å². The smallest absolute Gasteiger partial charge is 0.164 e. The molecule has 0 bridgehead atoms. The lowest BCUT2D eigenvalue weighted by Gasteiger charge is -2.24. The molecule has 4 aromatic carbocycles. The summed E-state index contributed by atoms with van der Waals surface area (Å²) in [5.41, 5.74) is 19.7. The number of para-hydroxylation sites is 2. The first-order valence-electron chi connectivity index (χ1n) is 17.7. The van der Waals surface area contributed by atoms with Gasteiger partial charge in [-0.25, -0.2) is 24.9 Å². The van der Waals surface area contributed by atoms with Crippen LogP contribution in [0.4, 0.5) is 5.82 Å². The summed E-state index contributed by atoms with van der Waals surface area (Å²) in [5, 5.41) is 0. The van der Waals surface area contributed by atoms with Crippen LogP contribution in [0, 0.1) is 13.8 Å². The van der Waals surface area contributed by atoms with Crippen LogP contribution in [0.2, 0.25) is 0 Å². The molecule has 0 aliphatic rings. The van der Waals surface area contributed by atoms with Gasteiger partial charge in [-0.15, -0.1) is 9.24 Å². The zero-order valence-electron chi connectivity index (χ0n) is 29.8. The summed E-state index contributed by atoms with van der Waals surface area (Å²) < 4.78 is 4.21. The summed E-state index contributed by atoms with van der Waals surface area (Å²) in [6, 6.07) is 38.8. The van der Waals surface area contributed by atoms with Gasteiger partial charge in [0.1, 0.15) is 40.0 Å². The van der Waals surface area contributed by atoms with Crippen LogP contribution in [-0.4, -0.2) is 39.0 Å². The molecule has 0 radical (unpaired) electrons. The van der Waals surface area contributed by atoms with E-state index in [1.807, 2.05) is 84.8 Å². The molecule has 3 N–H and O–H groups in total. The SMILES string of the molecule is Cc1c(-c2nc3cccnc3n2-c2ccccc2)c(C)c(-c2nc(/C=C\P)c(N)n2-c2ccccc2)c(Cc2ccccc2)c1-c1nc2cccnc2[nH]1. The molecule has 0 aliphatic carbocycles. The van der Waals surface area contributed by atoms with Gasteiger partial charge in [0.05, 0.1) is 0 Å². The predicted molar refractivity (Wildman–Crippen MR) is 222 cm³/mol. The number of aromatic nitrogens is 8. The molecule has 0 amide bonds. The highest BCUT2D eigenvalue weighted by atomic mass is 31.0. The number of fused-ring (bicyclic) bond motifs is 2. The number of nitrogens with one attached hydrogen (secondary N) is 1. The summed E-state index contributed by atoms with van der Waals surface area (Å²) in [6.45, 7) is 4.34. The van der Waals surface area contributed by atoms with Crippen molar-refractivity contribution < 1.29 is 0 Å². The number of H-pyrrole nitrogens is 1. The molecule has 54 heavy (non-hydrogen) atoms. The minimum atomic E-state index is 0.539. The Morgan fingerprint density at radius 2 is 1.26 bits per heavy atom. The van der Waals surface area contributed by atoms with Crippen molar-refractivity contribution >= 4 is 43.5 Å². The Morgan fingerprint density at radius 3 is 1.94 bits per heavy atom. The fourth-order valence-corrected chi connectivity index (χ4v) is 7.76. The van der Waals surface area contributed by atoms with E-state index in [1.54, 1.807) is 6.20 Å². The second-order valence-electron chi connectivity index (χ2n) is 13.2. The number of pyridine rings is 2. The first kappa shape index (κ1) is 33.2. The highest BCUT2D eigenvalue weighted by Gasteiger charge is 2.31. The zero-order chi connectivity index (χ0) is 36.8. The summed E-state index contributed by atoms with van der Waals surface area (Å²) in [5.74, 6) is 4.63. The van der Waals surface area contributed by atoms with Crippen molar-refractivity contribution in [3.63, 3.8) is 0 Å². The summed E-state index contributed by atoms with van der Waals surface area (Å²) >= 11 is 0. The normalized spacial score (nSPS) is 11.7. The number of hydrogen-bond acceptors (Lipinski definition) is 6. The third kappa shape index (κ3) is 5.57. The summed E-state index contributed by atoms with van der Waals surface area (Å²) in [6.07, 6.45) is 6.12. The van der Waals surface area contributed by atoms with Gasteiger partial charge in [-0.1, -0.05) is 72.5 Å². The number of imidazole rings is 3. The summed E-state index contributed by atoms with van der Waals surface area (Å²) in [7, 11) is 2.64. The molecule has 262 valence electrons. The molecule has 9 aromatic rings. The minimum Gasteiger partial charge on any atom is -0.383 e. The third-order valence-corrected chi connectivity index (χ3v) is 10.1. The molecule has 0 saturated heterocycles. The maximum absolute atomic E-state index is 7.03. The summed E-state index contributed by atoms with van der Waals surface area (Å²) in [4.78, 5) is 28.9. The van der Waals surface area contributed by atoms with E-state index in [4.69, 9.17) is 25.7 Å². The van der Waals surface area contributed by atoms with Gasteiger partial charge in [-0.05, 0) is 97.1 Å². The monoisotopic (exact) mass is 721 g/mol. The fraction of sp³-hybridized carbons (Fsp3) is 0.0682. The molecule has 1 unspecified atom stereocenters. The van der Waals surface area contributed by atoms with Crippen molar-refractivity contribution in [2.75, 3.05) is 5.73 Å². The lowest BCUT2D eigenvalue weighted by Crippen LogP contribution is -2.10. The first-order valence-corrected chi connectivity index (χ1v) is 18.4. The van der Waals surface area contributed by atoms with Crippen molar-refractivity contribution in [2.45, 2.75) is 20.3 Å². The van der Waals surface area contributed by atoms with E-state index in [2.05, 4.69) is 90.7 Å². The van der Waals surface area contributed by atoms with Crippen molar-refractivity contribution in [2.24, 2.45) is 0 Å². The molecule has 10 heteroatoms. The van der Waals surface area contributed by atoms with E-state index in [1.165, 1.54) is 0 Å². The van der Waals surface area contributed by atoms with E-state index in [9.17, 15) is 0 Å². The lowest BCUT2D eigenvalue weighted by atomic mass is 9.83. The van der Waals surface area contributed by atoms with Crippen molar-refractivity contribution in [3.8, 4) is 45.5 Å². The Kier molecular flexibility index (Phi) is 8.41. The molecular formula is C44H36N9P. The van der Waals surface area contributed by atoms with Crippen LogP contribution < -0.4 is 5.73 Å². The number of aromatic amines is 1. The second-order valence-corrected chi connectivity index (χ2v) is 13.5. The van der Waals surface area contributed by atoms with E-state index >= 15 is 0 Å². The Balaban J connectivity index is 1.48. The van der Waals surface area contributed by atoms with Gasteiger partial charge in [-0.2, -0.15) is 0 Å². The Morgan fingerprint density at radius 1 is 0.648 bits per heavy atom. The van der Waals surface area contributed by atoms with Crippen molar-refractivity contribution in [1.29, 1.82) is 0 Å². The average Bonchev–Trinajstić information content (AvgIpc) is 3.89. The van der Waals surface area contributed by atoms with Crippen molar-refractivity contribution in [1.82, 2.24) is 39.0 Å². The van der Waals surface area contributed by atoms with E-state index in [-0.39, 0.29) is 0 Å². The van der Waals surface area contributed by atoms with Crippen LogP contribution in [0.1, 0.15) is 27.9 Å². The quantitative estimate of drug-likeness (QED) is 0.151. The van der Waals surface area contributed by atoms with E-state index in [0.717, 1.165) is 78.6 Å². The minimum absolute atomic E-state index is 0.539. The van der Waals surface area contributed by atoms with Crippen LogP contribution >= 0.6 is 9.24 Å². The molecule has 0 saturated carbocycles. The molecule has 0 spiro atoms. The molecule has 0 fully saturated rings. The molecule has 0 aliphatic heterocycles. The standard InChI is InChI=1S/C44H36N9P/c1-27-36(43-50-35-21-13-24-47-42(35)53(43)31-18-10-5-11-19-31)28(2)38(44-49-33(22-25-54)39(45)52(44)30-16-8-4-9-17-30)32(26-29-14-6-3-7-15-29)37(27)41-48-34-20-12-23-46-40(34)51-41/h3-25H,26,45,54H2,1-2H3,(H,46,48,51)/b25-22-. The molecule has 1 atom stereocenters. The van der Waals surface area contributed by atoms with Crippen molar-refractivity contribution in [3.05, 3.63) is 161 Å². The van der Waals surface area contributed by atoms with Gasteiger partial charge in [-0.3, -0.25) is 9.13 Å². The average molecular weight is 722 g/mol. The van der Waals surface area contributed by atoms with Gasteiger partial charge in [0.2, 0.25) is 0 Å². The van der Waals surface area contributed by atoms with Gasteiger partial charge in [0.15, 0.2) is 11.3 Å². The molecule has 9 nitrogen and oxygen atoms in total. The van der Waals surface area contributed by atoms with Gasteiger partial charge >= 0.3 is 0 Å².